The Bertz CT molecular complexity index is 827. The molecule has 4 heteroatoms. The Balaban J connectivity index is 1.41. The molecule has 5 rings (SSSR count). The molecule has 114 valence electrons. The van der Waals surface area contributed by atoms with E-state index in [1.54, 1.807) is 6.92 Å². The van der Waals surface area contributed by atoms with Gasteiger partial charge in [0.25, 0.3) is 0 Å². The van der Waals surface area contributed by atoms with E-state index in [2.05, 4.69) is 5.32 Å². The van der Waals surface area contributed by atoms with Crippen molar-refractivity contribution in [3.8, 4) is 5.75 Å². The molecular formula is C18H19NO3. The van der Waals surface area contributed by atoms with Crippen LogP contribution < -0.4 is 15.7 Å². The maximum atomic E-state index is 11.7. The Kier molecular flexibility index (Phi) is 2.39. The third kappa shape index (κ3) is 1.70. The molecule has 1 aliphatic heterocycles. The van der Waals surface area contributed by atoms with Crippen molar-refractivity contribution in [1.82, 2.24) is 5.32 Å². The molecule has 1 aromatic heterocycles. The lowest BCUT2D eigenvalue weighted by Crippen LogP contribution is -2.19. The third-order valence-electron chi connectivity index (χ3n) is 5.81. The minimum Gasteiger partial charge on any atom is -0.490 e. The summed E-state index contributed by atoms with van der Waals surface area (Å²) in [4.78, 5) is 11.7. The van der Waals surface area contributed by atoms with Crippen LogP contribution >= 0.6 is 0 Å². The molecule has 3 fully saturated rings. The van der Waals surface area contributed by atoms with Crippen LogP contribution in [0.1, 0.15) is 31.2 Å². The van der Waals surface area contributed by atoms with Gasteiger partial charge in [0.2, 0.25) is 0 Å². The number of piperidine rings is 1. The highest BCUT2D eigenvalue weighted by Crippen LogP contribution is 2.56. The highest BCUT2D eigenvalue weighted by molar-refractivity contribution is 5.78. The minimum absolute atomic E-state index is 0.274. The maximum Gasteiger partial charge on any atom is 0.339 e. The zero-order chi connectivity index (χ0) is 14.9. The van der Waals surface area contributed by atoms with Crippen LogP contribution in [0.2, 0.25) is 0 Å². The van der Waals surface area contributed by atoms with E-state index in [0.717, 1.165) is 35.9 Å². The molecule has 2 aromatic rings. The molecule has 4 atom stereocenters. The van der Waals surface area contributed by atoms with Gasteiger partial charge in [0.05, 0.1) is 0 Å². The number of benzene rings is 1. The molecule has 1 N–H and O–H groups in total. The van der Waals surface area contributed by atoms with Crippen molar-refractivity contribution in [2.24, 2.45) is 5.92 Å². The first kappa shape index (κ1) is 12.7. The van der Waals surface area contributed by atoms with Gasteiger partial charge in [-0.05, 0) is 50.3 Å². The van der Waals surface area contributed by atoms with Gasteiger partial charge in [0.1, 0.15) is 17.4 Å². The predicted molar refractivity (Wildman–Crippen MR) is 83.2 cm³/mol. The van der Waals surface area contributed by atoms with E-state index in [9.17, 15) is 4.79 Å². The van der Waals surface area contributed by atoms with Crippen LogP contribution in [0.25, 0.3) is 11.0 Å². The van der Waals surface area contributed by atoms with E-state index < -0.39 is 0 Å². The van der Waals surface area contributed by atoms with Gasteiger partial charge in [-0.2, -0.15) is 0 Å². The van der Waals surface area contributed by atoms with Crippen LogP contribution in [0.15, 0.2) is 33.5 Å². The molecule has 2 aliphatic carbocycles. The van der Waals surface area contributed by atoms with E-state index in [0.29, 0.717) is 16.7 Å². The molecule has 0 radical (unpaired) electrons. The second kappa shape index (κ2) is 4.13. The molecule has 2 unspecified atom stereocenters. The van der Waals surface area contributed by atoms with E-state index in [1.807, 2.05) is 24.3 Å². The Labute approximate surface area is 128 Å². The molecule has 2 heterocycles. The van der Waals surface area contributed by atoms with Gasteiger partial charge in [-0.25, -0.2) is 4.79 Å². The van der Waals surface area contributed by atoms with Crippen LogP contribution in [0.3, 0.4) is 0 Å². The second-order valence-electron chi connectivity index (χ2n) is 7.11. The largest absolute Gasteiger partial charge is 0.490 e. The lowest BCUT2D eigenvalue weighted by atomic mass is 9.99. The van der Waals surface area contributed by atoms with Crippen LogP contribution in [0.4, 0.5) is 0 Å². The minimum atomic E-state index is -0.274. The molecule has 1 spiro atoms. The van der Waals surface area contributed by atoms with E-state index in [-0.39, 0.29) is 11.7 Å². The molecule has 2 saturated carbocycles. The normalized spacial score (nSPS) is 35.4. The fourth-order valence-corrected chi connectivity index (χ4v) is 4.66. The van der Waals surface area contributed by atoms with Crippen molar-refractivity contribution in [3.63, 3.8) is 0 Å². The SMILES string of the molecule is Cc1cc2ccc(O[C@H]3CC4CC[C@H]5NC45C3)cc2oc1=O. The summed E-state index contributed by atoms with van der Waals surface area (Å²) in [7, 11) is 0. The summed E-state index contributed by atoms with van der Waals surface area (Å²) in [6.45, 7) is 1.77. The van der Waals surface area contributed by atoms with E-state index in [4.69, 9.17) is 9.15 Å². The highest BCUT2D eigenvalue weighted by atomic mass is 16.5. The predicted octanol–water partition coefficient (Wildman–Crippen LogP) is 2.76. The van der Waals surface area contributed by atoms with Crippen molar-refractivity contribution in [3.05, 3.63) is 40.2 Å². The van der Waals surface area contributed by atoms with Crippen molar-refractivity contribution in [2.75, 3.05) is 0 Å². The topological polar surface area (TPSA) is 61.4 Å². The van der Waals surface area contributed by atoms with Gasteiger partial charge < -0.3 is 14.5 Å². The number of hydrogen-bond donors (Lipinski definition) is 1. The summed E-state index contributed by atoms with van der Waals surface area (Å²) in [5, 5.41) is 4.60. The second-order valence-corrected chi connectivity index (χ2v) is 7.11. The van der Waals surface area contributed by atoms with Crippen molar-refractivity contribution < 1.29 is 9.15 Å². The summed E-state index contributed by atoms with van der Waals surface area (Å²) in [5.41, 5.74) is 1.36. The monoisotopic (exact) mass is 297 g/mol. The first-order valence-electron chi connectivity index (χ1n) is 8.13. The van der Waals surface area contributed by atoms with Gasteiger partial charge in [-0.15, -0.1) is 0 Å². The smallest absolute Gasteiger partial charge is 0.339 e. The quantitative estimate of drug-likeness (QED) is 0.684. The molecule has 0 amide bonds. The first-order chi connectivity index (χ1) is 10.6. The molecule has 1 saturated heterocycles. The van der Waals surface area contributed by atoms with Crippen LogP contribution in [0.5, 0.6) is 5.75 Å². The average Bonchev–Trinajstić information content (AvgIpc) is 2.90. The summed E-state index contributed by atoms with van der Waals surface area (Å²) < 4.78 is 11.5. The van der Waals surface area contributed by atoms with E-state index >= 15 is 0 Å². The molecule has 1 aromatic carbocycles. The Hall–Kier alpha value is -1.81. The summed E-state index contributed by atoms with van der Waals surface area (Å²) >= 11 is 0. The van der Waals surface area contributed by atoms with Crippen molar-refractivity contribution in [1.29, 1.82) is 0 Å². The van der Waals surface area contributed by atoms with Gasteiger partial charge in [0, 0.05) is 35.0 Å². The Morgan fingerprint density at radius 2 is 2.23 bits per heavy atom. The lowest BCUT2D eigenvalue weighted by Gasteiger charge is -2.14. The molecule has 0 bridgehead atoms. The maximum absolute atomic E-state index is 11.7. The van der Waals surface area contributed by atoms with Crippen LogP contribution in [-0.4, -0.2) is 17.7 Å². The van der Waals surface area contributed by atoms with Crippen molar-refractivity contribution in [2.45, 2.75) is 50.3 Å². The average molecular weight is 297 g/mol. The Morgan fingerprint density at radius 1 is 1.32 bits per heavy atom. The third-order valence-corrected chi connectivity index (χ3v) is 5.81. The number of hydrogen-bond acceptors (Lipinski definition) is 4. The van der Waals surface area contributed by atoms with Gasteiger partial charge in [0.15, 0.2) is 0 Å². The Morgan fingerprint density at radius 3 is 3.05 bits per heavy atom. The summed E-state index contributed by atoms with van der Waals surface area (Å²) in [6.07, 6.45) is 5.19. The zero-order valence-corrected chi connectivity index (χ0v) is 12.6. The first-order valence-corrected chi connectivity index (χ1v) is 8.13. The molecule has 4 nitrogen and oxygen atoms in total. The summed E-state index contributed by atoms with van der Waals surface area (Å²) in [6, 6.07) is 8.39. The lowest BCUT2D eigenvalue weighted by molar-refractivity contribution is 0.201. The van der Waals surface area contributed by atoms with Gasteiger partial charge in [-0.3, -0.25) is 0 Å². The molecule has 3 aliphatic rings. The number of rotatable bonds is 2. The zero-order valence-electron chi connectivity index (χ0n) is 12.6. The summed E-state index contributed by atoms with van der Waals surface area (Å²) in [5.74, 6) is 1.58. The fraction of sp³-hybridized carbons (Fsp3) is 0.500. The molecular weight excluding hydrogens is 278 g/mol. The van der Waals surface area contributed by atoms with Crippen LogP contribution in [-0.2, 0) is 0 Å². The van der Waals surface area contributed by atoms with Gasteiger partial charge >= 0.3 is 5.63 Å². The molecule has 22 heavy (non-hydrogen) atoms. The highest BCUT2D eigenvalue weighted by Gasteiger charge is 2.66. The standard InChI is InChI=1S/C18H19NO3/c1-10-6-11-2-4-13(8-15(11)22-17(10)20)21-14-7-12-3-5-16-18(12,9-14)19-16/h2,4,6,8,12,14,16,19H,3,5,7,9H2,1H3/t12?,14-,16+,18?/m0/s1. The van der Waals surface area contributed by atoms with Crippen LogP contribution in [0, 0.1) is 12.8 Å². The number of aryl methyl sites for hydroxylation is 1. The number of nitrogens with one attached hydrogen (secondary N) is 1. The van der Waals surface area contributed by atoms with Crippen molar-refractivity contribution >= 4 is 11.0 Å². The van der Waals surface area contributed by atoms with Gasteiger partial charge in [-0.1, -0.05) is 0 Å². The van der Waals surface area contributed by atoms with E-state index in [1.165, 1.54) is 12.8 Å². The fourth-order valence-electron chi connectivity index (χ4n) is 4.66. The number of ether oxygens (including phenoxy) is 1. The number of fused-ring (bicyclic) bond motifs is 1.